The van der Waals surface area contributed by atoms with Crippen LogP contribution in [0, 0.1) is 16.0 Å². The van der Waals surface area contributed by atoms with E-state index in [1.807, 2.05) is 0 Å². The van der Waals surface area contributed by atoms with E-state index in [0.717, 1.165) is 0 Å². The smallest absolute Gasteiger partial charge is 0.358 e. The van der Waals surface area contributed by atoms with E-state index in [0.29, 0.717) is 12.5 Å². The van der Waals surface area contributed by atoms with Crippen LogP contribution in [0.1, 0.15) is 12.8 Å². The summed E-state index contributed by atoms with van der Waals surface area (Å²) < 4.78 is 6.65. The second-order valence-electron chi connectivity index (χ2n) is 3.54. The lowest BCUT2D eigenvalue weighted by Crippen LogP contribution is -2.05. The fraction of sp³-hybridized carbons (Fsp3) is 0.625. The van der Waals surface area contributed by atoms with Gasteiger partial charge in [-0.1, -0.05) is 11.6 Å². The van der Waals surface area contributed by atoms with Crippen molar-refractivity contribution in [3.63, 3.8) is 0 Å². The molecular weight excluding hydrogens is 222 g/mol. The molecule has 1 saturated carbocycles. The highest BCUT2D eigenvalue weighted by Crippen LogP contribution is 2.29. The number of nitro groups is 1. The average Bonchev–Trinajstić information content (AvgIpc) is 2.90. The Morgan fingerprint density at radius 2 is 2.47 bits per heavy atom. The first-order valence-electron chi connectivity index (χ1n) is 4.62. The molecule has 1 heterocycles. The van der Waals surface area contributed by atoms with E-state index in [-0.39, 0.29) is 17.6 Å². The third-order valence-electron chi connectivity index (χ3n) is 2.15. The Labute approximate surface area is 90.9 Å². The summed E-state index contributed by atoms with van der Waals surface area (Å²) in [5, 5.41) is 14.2. The van der Waals surface area contributed by atoms with Gasteiger partial charge in [-0.2, -0.15) is 4.68 Å². The zero-order valence-corrected chi connectivity index (χ0v) is 8.68. The fourth-order valence-corrected chi connectivity index (χ4v) is 1.39. The molecule has 0 N–H and O–H groups in total. The van der Waals surface area contributed by atoms with E-state index in [1.165, 1.54) is 23.7 Å². The normalized spacial score (nSPS) is 15.5. The van der Waals surface area contributed by atoms with Crippen molar-refractivity contribution in [1.82, 2.24) is 9.78 Å². The zero-order chi connectivity index (χ0) is 10.8. The van der Waals surface area contributed by atoms with E-state index in [2.05, 4.69) is 5.10 Å². The first-order chi connectivity index (χ1) is 7.16. The summed E-state index contributed by atoms with van der Waals surface area (Å²) in [5.41, 5.74) is 0. The zero-order valence-electron chi connectivity index (χ0n) is 7.93. The number of ether oxygens (including phenoxy) is 1. The van der Waals surface area contributed by atoms with Gasteiger partial charge in [-0.3, -0.25) is 0 Å². The van der Waals surface area contributed by atoms with Crippen LogP contribution in [0.4, 0.5) is 5.82 Å². The van der Waals surface area contributed by atoms with Crippen LogP contribution in [-0.4, -0.2) is 21.3 Å². The Kier molecular flexibility index (Phi) is 2.88. The molecule has 0 aromatic carbocycles. The van der Waals surface area contributed by atoms with Crippen LogP contribution in [0.5, 0.6) is 0 Å². The van der Waals surface area contributed by atoms with Gasteiger partial charge in [0.15, 0.2) is 11.8 Å². The number of halogens is 1. The van der Waals surface area contributed by atoms with E-state index in [9.17, 15) is 10.1 Å². The van der Waals surface area contributed by atoms with Gasteiger partial charge in [-0.15, -0.1) is 0 Å². The minimum atomic E-state index is -0.611. The van der Waals surface area contributed by atoms with Crippen LogP contribution in [0.15, 0.2) is 6.20 Å². The van der Waals surface area contributed by atoms with Crippen molar-refractivity contribution in [1.29, 1.82) is 0 Å². The van der Waals surface area contributed by atoms with Gasteiger partial charge in [0.1, 0.15) is 0 Å². The third kappa shape index (κ3) is 2.66. The van der Waals surface area contributed by atoms with E-state index in [4.69, 9.17) is 16.3 Å². The third-order valence-corrected chi connectivity index (χ3v) is 2.41. The minimum Gasteiger partial charge on any atom is -0.358 e. The predicted molar refractivity (Wildman–Crippen MR) is 52.6 cm³/mol. The molecule has 0 saturated heterocycles. The molecule has 0 bridgehead atoms. The van der Waals surface area contributed by atoms with Crippen molar-refractivity contribution in [2.75, 3.05) is 6.61 Å². The van der Waals surface area contributed by atoms with E-state index >= 15 is 0 Å². The van der Waals surface area contributed by atoms with Crippen molar-refractivity contribution in [2.45, 2.75) is 19.6 Å². The van der Waals surface area contributed by atoms with Gasteiger partial charge in [0.2, 0.25) is 0 Å². The molecule has 0 radical (unpaired) electrons. The molecule has 1 aromatic heterocycles. The first kappa shape index (κ1) is 10.4. The van der Waals surface area contributed by atoms with Crippen LogP contribution in [0.25, 0.3) is 0 Å². The maximum absolute atomic E-state index is 10.4. The summed E-state index contributed by atoms with van der Waals surface area (Å²) in [7, 11) is 0. The maximum Gasteiger partial charge on any atom is 0.408 e. The van der Waals surface area contributed by atoms with Gasteiger partial charge in [0.25, 0.3) is 0 Å². The Hall–Kier alpha value is -1.14. The quantitative estimate of drug-likeness (QED) is 0.573. The summed E-state index contributed by atoms with van der Waals surface area (Å²) in [4.78, 5) is 9.82. The monoisotopic (exact) mass is 231 g/mol. The molecule has 2 rings (SSSR count). The lowest BCUT2D eigenvalue weighted by Gasteiger charge is -1.98. The topological polar surface area (TPSA) is 70.2 Å². The molecule has 6 nitrogen and oxygen atoms in total. The fourth-order valence-electron chi connectivity index (χ4n) is 1.17. The summed E-state index contributed by atoms with van der Waals surface area (Å²) in [6.45, 7) is 0.898. The van der Waals surface area contributed by atoms with E-state index < -0.39 is 4.92 Å². The summed E-state index contributed by atoms with van der Waals surface area (Å²) in [6.07, 6.45) is 3.81. The number of rotatable bonds is 5. The van der Waals surface area contributed by atoms with Crippen molar-refractivity contribution >= 4 is 17.4 Å². The summed E-state index contributed by atoms with van der Waals surface area (Å²) in [6, 6.07) is 0. The lowest BCUT2D eigenvalue weighted by atomic mass is 10.5. The highest BCUT2D eigenvalue weighted by Gasteiger charge is 2.22. The van der Waals surface area contributed by atoms with Gasteiger partial charge >= 0.3 is 5.82 Å². The van der Waals surface area contributed by atoms with Crippen molar-refractivity contribution in [2.24, 2.45) is 5.92 Å². The molecule has 0 aliphatic heterocycles. The molecule has 1 aliphatic carbocycles. The Morgan fingerprint density at radius 1 is 1.73 bits per heavy atom. The molecule has 1 fully saturated rings. The van der Waals surface area contributed by atoms with Gasteiger partial charge in [0.05, 0.1) is 17.9 Å². The van der Waals surface area contributed by atoms with Crippen LogP contribution >= 0.6 is 11.6 Å². The van der Waals surface area contributed by atoms with Gasteiger partial charge in [-0.05, 0) is 23.7 Å². The molecule has 82 valence electrons. The molecule has 7 heteroatoms. The largest absolute Gasteiger partial charge is 0.408 e. The van der Waals surface area contributed by atoms with Gasteiger partial charge in [-0.25, -0.2) is 0 Å². The second-order valence-corrected chi connectivity index (χ2v) is 3.95. The molecular formula is C8H10ClN3O3. The molecule has 15 heavy (non-hydrogen) atoms. The standard InChI is InChI=1S/C8H10ClN3O3/c9-7-3-11(10-8(7)12(13)14)5-15-4-6-1-2-6/h3,6H,1-2,4-5H2. The number of aromatic nitrogens is 2. The number of hydrogen-bond donors (Lipinski definition) is 0. The Balaban J connectivity index is 1.89. The first-order valence-corrected chi connectivity index (χ1v) is 4.99. The number of hydrogen-bond acceptors (Lipinski definition) is 4. The van der Waals surface area contributed by atoms with Crippen LogP contribution < -0.4 is 0 Å². The maximum atomic E-state index is 10.4. The van der Waals surface area contributed by atoms with Crippen molar-refractivity contribution in [3.05, 3.63) is 21.3 Å². The highest BCUT2D eigenvalue weighted by molar-refractivity contribution is 6.32. The summed E-state index contributed by atoms with van der Waals surface area (Å²) >= 11 is 5.61. The minimum absolute atomic E-state index is 0.0371. The molecule has 0 spiro atoms. The highest BCUT2D eigenvalue weighted by atomic mass is 35.5. The van der Waals surface area contributed by atoms with Crippen LogP contribution in [0.3, 0.4) is 0 Å². The van der Waals surface area contributed by atoms with E-state index in [1.54, 1.807) is 0 Å². The molecule has 1 aliphatic rings. The molecule has 0 amide bonds. The molecule has 0 unspecified atom stereocenters. The Morgan fingerprint density at radius 3 is 3.00 bits per heavy atom. The molecule has 0 atom stereocenters. The van der Waals surface area contributed by atoms with Crippen molar-refractivity contribution in [3.8, 4) is 0 Å². The lowest BCUT2D eigenvalue weighted by molar-refractivity contribution is -0.389. The van der Waals surface area contributed by atoms with Gasteiger partial charge in [0, 0.05) is 0 Å². The van der Waals surface area contributed by atoms with Gasteiger partial charge < -0.3 is 14.9 Å². The van der Waals surface area contributed by atoms with Crippen molar-refractivity contribution < 1.29 is 9.66 Å². The predicted octanol–water partition coefficient (Wildman–Crippen LogP) is 1.83. The summed E-state index contributed by atoms with van der Waals surface area (Å²) in [5.74, 6) is 0.331. The van der Waals surface area contributed by atoms with Crippen LogP contribution in [0.2, 0.25) is 5.02 Å². The second kappa shape index (κ2) is 4.16. The molecule has 1 aromatic rings. The number of nitrogens with zero attached hydrogens (tertiary/aromatic N) is 3. The van der Waals surface area contributed by atoms with Crippen LogP contribution in [-0.2, 0) is 11.5 Å². The Bertz CT molecular complexity index is 375. The average molecular weight is 232 g/mol. The SMILES string of the molecule is O=[N+]([O-])c1nn(COCC2CC2)cc1Cl.